The minimum atomic E-state index is -0.776. The van der Waals surface area contributed by atoms with E-state index in [0.717, 1.165) is 43.1 Å². The largest absolute Gasteiger partial charge is 0.399 e. The lowest BCUT2D eigenvalue weighted by Gasteiger charge is -2.25. The first-order chi connectivity index (χ1) is 16.5. The van der Waals surface area contributed by atoms with Crippen molar-refractivity contribution >= 4 is 22.7 Å². The average Bonchev–Trinajstić information content (AvgIpc) is 2.84. The number of ether oxygens (including phenoxy) is 2. The van der Waals surface area contributed by atoms with Gasteiger partial charge in [-0.05, 0) is 61.2 Å². The molecule has 0 heterocycles. The number of anilines is 4. The summed E-state index contributed by atoms with van der Waals surface area (Å²) in [5, 5.41) is 17.6. The van der Waals surface area contributed by atoms with Gasteiger partial charge in [0.15, 0.2) is 0 Å². The van der Waals surface area contributed by atoms with E-state index >= 15 is 0 Å². The van der Waals surface area contributed by atoms with Gasteiger partial charge in [0.25, 0.3) is 0 Å². The molecule has 34 heavy (non-hydrogen) atoms. The zero-order valence-corrected chi connectivity index (χ0v) is 21.1. The van der Waals surface area contributed by atoms with E-state index in [1.54, 1.807) is 7.11 Å². The van der Waals surface area contributed by atoms with E-state index in [1.807, 2.05) is 42.5 Å². The summed E-state index contributed by atoms with van der Waals surface area (Å²) in [5.41, 5.74) is 15.7. The second-order valence-corrected chi connectivity index (χ2v) is 8.84. The topological polar surface area (TPSA) is 115 Å². The molecule has 3 unspecified atom stereocenters. The highest BCUT2D eigenvalue weighted by Gasteiger charge is 2.24. The Morgan fingerprint density at radius 3 is 2.38 bits per heavy atom. The van der Waals surface area contributed by atoms with Crippen LogP contribution in [0.1, 0.15) is 57.6 Å². The van der Waals surface area contributed by atoms with Crippen molar-refractivity contribution in [3.05, 3.63) is 48.0 Å². The highest BCUT2D eigenvalue weighted by atomic mass is 16.5. The molecular formula is C27H44N4O3. The predicted molar refractivity (Wildman–Crippen MR) is 143 cm³/mol. The predicted octanol–water partition coefficient (Wildman–Crippen LogP) is 5.05. The van der Waals surface area contributed by atoms with Crippen LogP contribution in [-0.4, -0.2) is 44.6 Å². The molecule has 7 nitrogen and oxygen atoms in total. The molecule has 0 saturated heterocycles. The van der Waals surface area contributed by atoms with Crippen molar-refractivity contribution in [2.24, 2.45) is 5.92 Å². The molecule has 0 aliphatic heterocycles. The summed E-state index contributed by atoms with van der Waals surface area (Å²) in [4.78, 5) is 0. The Balaban J connectivity index is 1.88. The Bertz CT molecular complexity index is 816. The smallest absolute Gasteiger partial charge is 0.112 e. The Labute approximate surface area is 205 Å². The van der Waals surface area contributed by atoms with E-state index in [2.05, 4.69) is 24.5 Å². The van der Waals surface area contributed by atoms with Gasteiger partial charge in [-0.15, -0.1) is 0 Å². The maximum atomic E-state index is 10.9. The van der Waals surface area contributed by atoms with Gasteiger partial charge in [-0.3, -0.25) is 0 Å². The number of methoxy groups -OCH3 is 1. The number of rotatable bonds is 17. The fourth-order valence-corrected chi connectivity index (χ4v) is 3.94. The van der Waals surface area contributed by atoms with Crippen LogP contribution in [0.5, 0.6) is 0 Å². The van der Waals surface area contributed by atoms with Gasteiger partial charge in [0.05, 0.1) is 0 Å². The fourth-order valence-electron chi connectivity index (χ4n) is 3.94. The third-order valence-electron chi connectivity index (χ3n) is 6.09. The van der Waals surface area contributed by atoms with Gasteiger partial charge in [-0.25, -0.2) is 0 Å². The first-order valence-electron chi connectivity index (χ1n) is 12.5. The lowest BCUT2D eigenvalue weighted by molar-refractivity contribution is -0.00593. The van der Waals surface area contributed by atoms with Crippen LogP contribution >= 0.6 is 0 Å². The van der Waals surface area contributed by atoms with Crippen LogP contribution < -0.4 is 22.1 Å². The van der Waals surface area contributed by atoms with E-state index in [9.17, 15) is 5.11 Å². The van der Waals surface area contributed by atoms with E-state index in [4.69, 9.17) is 20.9 Å². The van der Waals surface area contributed by atoms with Crippen LogP contribution in [-0.2, 0) is 9.47 Å². The summed E-state index contributed by atoms with van der Waals surface area (Å²) < 4.78 is 11.6. The van der Waals surface area contributed by atoms with Crippen molar-refractivity contribution in [1.82, 2.24) is 0 Å². The van der Waals surface area contributed by atoms with Crippen molar-refractivity contribution in [3.63, 3.8) is 0 Å². The van der Waals surface area contributed by atoms with Crippen molar-refractivity contribution in [2.75, 3.05) is 55.5 Å². The Hall–Kier alpha value is -2.48. The van der Waals surface area contributed by atoms with Crippen LogP contribution in [0.15, 0.2) is 42.5 Å². The Morgan fingerprint density at radius 1 is 0.971 bits per heavy atom. The minimum Gasteiger partial charge on any atom is -0.399 e. The lowest BCUT2D eigenvalue weighted by atomic mass is 10.0. The second-order valence-electron chi connectivity index (χ2n) is 8.84. The van der Waals surface area contributed by atoms with Crippen LogP contribution in [0.4, 0.5) is 22.7 Å². The SMILES string of the molecule is CCCCC(CC)COCCCNc1ccc(N)cc1C(OC)C(O)CNc1ccc(N)cc1. The number of benzene rings is 2. The first kappa shape index (κ1) is 27.8. The number of nitrogen functional groups attached to an aromatic ring is 2. The zero-order valence-electron chi connectivity index (χ0n) is 21.1. The molecule has 0 aliphatic carbocycles. The van der Waals surface area contributed by atoms with Crippen molar-refractivity contribution in [1.29, 1.82) is 0 Å². The number of aliphatic hydroxyl groups is 1. The molecule has 2 aromatic carbocycles. The maximum Gasteiger partial charge on any atom is 0.112 e. The van der Waals surface area contributed by atoms with Gasteiger partial charge >= 0.3 is 0 Å². The van der Waals surface area contributed by atoms with E-state index in [0.29, 0.717) is 23.8 Å². The van der Waals surface area contributed by atoms with Crippen molar-refractivity contribution < 1.29 is 14.6 Å². The van der Waals surface area contributed by atoms with Gasteiger partial charge in [0, 0.05) is 61.7 Å². The molecular weight excluding hydrogens is 428 g/mol. The molecule has 0 aromatic heterocycles. The summed E-state index contributed by atoms with van der Waals surface area (Å²) in [6.07, 6.45) is 4.50. The van der Waals surface area contributed by atoms with Gasteiger partial charge < -0.3 is 36.7 Å². The molecule has 0 fully saturated rings. The number of nitrogens with two attached hydrogens (primary N) is 2. The van der Waals surface area contributed by atoms with E-state index < -0.39 is 12.2 Å². The molecule has 0 spiro atoms. The monoisotopic (exact) mass is 472 g/mol. The summed E-state index contributed by atoms with van der Waals surface area (Å²) in [6, 6.07) is 13.1. The number of hydrogen-bond acceptors (Lipinski definition) is 7. The molecule has 2 aromatic rings. The molecule has 0 aliphatic rings. The quantitative estimate of drug-likeness (QED) is 0.162. The Kier molecular flexibility index (Phi) is 12.6. The molecule has 190 valence electrons. The molecule has 3 atom stereocenters. The third-order valence-corrected chi connectivity index (χ3v) is 6.09. The van der Waals surface area contributed by atoms with Crippen LogP contribution in [0.25, 0.3) is 0 Å². The van der Waals surface area contributed by atoms with Crippen LogP contribution in [0, 0.1) is 5.92 Å². The van der Waals surface area contributed by atoms with Crippen molar-refractivity contribution in [2.45, 2.75) is 58.2 Å². The average molecular weight is 473 g/mol. The number of hydrogen-bond donors (Lipinski definition) is 5. The Morgan fingerprint density at radius 2 is 1.71 bits per heavy atom. The van der Waals surface area contributed by atoms with E-state index in [-0.39, 0.29) is 0 Å². The highest BCUT2D eigenvalue weighted by Crippen LogP contribution is 2.30. The molecule has 0 bridgehead atoms. The second kappa shape index (κ2) is 15.4. The molecule has 0 radical (unpaired) electrons. The minimum absolute atomic E-state index is 0.321. The summed E-state index contributed by atoms with van der Waals surface area (Å²) in [5.74, 6) is 0.655. The number of nitrogens with one attached hydrogen (secondary N) is 2. The first-order valence-corrected chi connectivity index (χ1v) is 12.5. The number of aliphatic hydroxyl groups excluding tert-OH is 1. The van der Waals surface area contributed by atoms with E-state index in [1.165, 1.54) is 25.7 Å². The molecule has 7 heteroatoms. The van der Waals surface area contributed by atoms with Gasteiger partial charge in [-0.2, -0.15) is 0 Å². The summed E-state index contributed by atoms with van der Waals surface area (Å²) >= 11 is 0. The van der Waals surface area contributed by atoms with Crippen LogP contribution in [0.3, 0.4) is 0 Å². The molecule has 7 N–H and O–H groups in total. The fraction of sp³-hybridized carbons (Fsp3) is 0.556. The standard InChI is InChI=1S/C27H44N4O3/c1-4-6-8-20(5-2)19-34-16-7-15-30-25-14-11-22(29)17-24(25)27(33-3)26(32)18-31-23-12-9-21(28)10-13-23/h9-14,17,20,26-27,30-32H,4-8,15-16,18-19,28-29H2,1-3H3. The normalized spacial score (nSPS) is 13.9. The van der Waals surface area contributed by atoms with Gasteiger partial charge in [0.2, 0.25) is 0 Å². The molecule has 2 rings (SSSR count). The maximum absolute atomic E-state index is 10.9. The summed E-state index contributed by atoms with van der Waals surface area (Å²) in [7, 11) is 1.60. The van der Waals surface area contributed by atoms with Crippen molar-refractivity contribution in [3.8, 4) is 0 Å². The van der Waals surface area contributed by atoms with Gasteiger partial charge in [-0.1, -0.05) is 33.1 Å². The zero-order chi connectivity index (χ0) is 24.8. The number of unbranched alkanes of at least 4 members (excludes halogenated alkanes) is 1. The van der Waals surface area contributed by atoms with Crippen LogP contribution in [0.2, 0.25) is 0 Å². The molecule has 0 saturated carbocycles. The third kappa shape index (κ3) is 9.41. The highest BCUT2D eigenvalue weighted by molar-refractivity contribution is 5.59. The summed E-state index contributed by atoms with van der Waals surface area (Å²) in [6.45, 7) is 7.11. The lowest BCUT2D eigenvalue weighted by Crippen LogP contribution is -2.29. The van der Waals surface area contributed by atoms with Gasteiger partial charge in [0.1, 0.15) is 12.2 Å². The molecule has 0 amide bonds.